The predicted octanol–water partition coefficient (Wildman–Crippen LogP) is 3.90. The van der Waals surface area contributed by atoms with E-state index in [4.69, 9.17) is 13.8 Å². The number of amides is 1. The Hall–Kier alpha value is -3.10. The summed E-state index contributed by atoms with van der Waals surface area (Å²) in [6.45, 7) is 6.00. The Morgan fingerprint density at radius 3 is 2.71 bits per heavy atom. The number of nitrogens with zero attached hydrogens (tertiary/aromatic N) is 3. The number of carbonyl (C=O) groups excluding carboxylic acids is 1. The molecule has 1 saturated carbocycles. The molecule has 0 bridgehead atoms. The minimum Gasteiger partial charge on any atom is -0.493 e. The van der Waals surface area contributed by atoms with Gasteiger partial charge in [0, 0.05) is 56.3 Å². The van der Waals surface area contributed by atoms with Crippen molar-refractivity contribution in [1.29, 1.82) is 0 Å². The Labute approximate surface area is 210 Å². The van der Waals surface area contributed by atoms with Crippen LogP contribution in [0.1, 0.15) is 12.0 Å². The lowest BCUT2D eigenvalue weighted by atomic mass is 10.1. The third-order valence-corrected chi connectivity index (χ3v) is 7.80. The van der Waals surface area contributed by atoms with Crippen molar-refractivity contribution in [3.8, 4) is 11.5 Å². The van der Waals surface area contributed by atoms with Crippen LogP contribution in [0, 0.1) is 11.8 Å². The summed E-state index contributed by atoms with van der Waals surface area (Å²) in [5.41, 5.74) is 0.816. The van der Waals surface area contributed by atoms with Crippen molar-refractivity contribution in [2.24, 2.45) is 11.8 Å². The highest BCUT2D eigenvalue weighted by Crippen LogP contribution is 2.39. The molecule has 2 unspecified atom stereocenters. The number of benzene rings is 2. The highest BCUT2D eigenvalue weighted by atomic mass is 32.1. The number of nitrogens with one attached hydrogen (secondary N) is 1. The van der Waals surface area contributed by atoms with Crippen LogP contribution in [0.15, 0.2) is 48.5 Å². The van der Waals surface area contributed by atoms with Crippen LogP contribution in [-0.2, 0) is 4.79 Å². The van der Waals surface area contributed by atoms with E-state index in [0.29, 0.717) is 23.3 Å². The molecular formula is C27H32N4O3S. The van der Waals surface area contributed by atoms with Crippen LogP contribution in [0.25, 0.3) is 16.2 Å². The molecule has 1 N–H and O–H groups in total. The highest BCUT2D eigenvalue weighted by molar-refractivity contribution is 7.13. The molecule has 2 atom stereocenters. The van der Waals surface area contributed by atoms with Crippen LogP contribution in [0.2, 0.25) is 0 Å². The van der Waals surface area contributed by atoms with Gasteiger partial charge in [-0.15, -0.1) is 0 Å². The predicted molar refractivity (Wildman–Crippen MR) is 141 cm³/mol. The largest absolute Gasteiger partial charge is 0.493 e. The van der Waals surface area contributed by atoms with Gasteiger partial charge in [0.2, 0.25) is 5.91 Å². The maximum atomic E-state index is 12.4. The van der Waals surface area contributed by atoms with Crippen molar-refractivity contribution in [1.82, 2.24) is 14.6 Å². The summed E-state index contributed by atoms with van der Waals surface area (Å²) < 4.78 is 16.7. The Morgan fingerprint density at radius 2 is 1.91 bits per heavy atom. The molecular weight excluding hydrogens is 460 g/mol. The number of para-hydroxylation sites is 1. The minimum atomic E-state index is -0.0790. The number of hydrogen-bond donors (Lipinski definition) is 1. The second-order valence-electron chi connectivity index (χ2n) is 9.21. The molecule has 2 aliphatic rings. The molecule has 8 heteroatoms. The van der Waals surface area contributed by atoms with Gasteiger partial charge >= 0.3 is 0 Å². The summed E-state index contributed by atoms with van der Waals surface area (Å²) in [6, 6.07) is 14.1. The fourth-order valence-corrected chi connectivity index (χ4v) is 5.65. The lowest BCUT2D eigenvalue weighted by Gasteiger charge is -2.35. The van der Waals surface area contributed by atoms with Gasteiger partial charge in [-0.25, -0.2) is 0 Å². The molecule has 5 rings (SSSR count). The van der Waals surface area contributed by atoms with E-state index in [0.717, 1.165) is 50.6 Å². The fraction of sp³-hybridized carbons (Fsp3) is 0.407. The van der Waals surface area contributed by atoms with E-state index in [-0.39, 0.29) is 5.91 Å². The standard InChI is InChI=1S/C27H32N4O3S/c1-33-23-8-5-6-19(26(23)34-2)10-11-25(32)28-17-20-16-21(20)18-30-12-14-31(15-13-30)27-22-7-3-4-9-24(22)35-29-27/h3-11,20-21H,12-18H2,1-2H3,(H,28,32)/b11-10+. The van der Waals surface area contributed by atoms with E-state index in [1.165, 1.54) is 16.5 Å². The number of carbonyl (C=O) groups is 1. The van der Waals surface area contributed by atoms with E-state index >= 15 is 0 Å². The highest BCUT2D eigenvalue weighted by Gasteiger charge is 2.38. The number of rotatable bonds is 9. The summed E-state index contributed by atoms with van der Waals surface area (Å²) in [7, 11) is 3.20. The maximum Gasteiger partial charge on any atom is 0.244 e. The number of hydrogen-bond acceptors (Lipinski definition) is 7. The second-order valence-corrected chi connectivity index (χ2v) is 10.0. The average molecular weight is 493 g/mol. The van der Waals surface area contributed by atoms with Crippen LogP contribution in [0.4, 0.5) is 5.82 Å². The number of aromatic nitrogens is 1. The van der Waals surface area contributed by atoms with Crippen LogP contribution in [-0.4, -0.2) is 68.7 Å². The number of piperazine rings is 1. The Morgan fingerprint density at radius 1 is 1.09 bits per heavy atom. The molecule has 1 amide bonds. The van der Waals surface area contributed by atoms with Crippen molar-refractivity contribution in [3.63, 3.8) is 0 Å². The van der Waals surface area contributed by atoms with E-state index in [9.17, 15) is 4.79 Å². The van der Waals surface area contributed by atoms with Gasteiger partial charge in [0.05, 0.1) is 18.9 Å². The molecule has 1 aliphatic heterocycles. The van der Waals surface area contributed by atoms with Crippen molar-refractivity contribution in [2.75, 3.05) is 58.4 Å². The van der Waals surface area contributed by atoms with Crippen molar-refractivity contribution in [3.05, 3.63) is 54.1 Å². The lowest BCUT2D eigenvalue weighted by Crippen LogP contribution is -2.47. The van der Waals surface area contributed by atoms with Gasteiger partial charge in [-0.2, -0.15) is 4.37 Å². The van der Waals surface area contributed by atoms with Gasteiger partial charge in [-0.05, 0) is 54.1 Å². The van der Waals surface area contributed by atoms with Gasteiger partial charge < -0.3 is 19.7 Å². The molecule has 2 aromatic carbocycles. The smallest absolute Gasteiger partial charge is 0.244 e. The van der Waals surface area contributed by atoms with Crippen LogP contribution >= 0.6 is 11.5 Å². The summed E-state index contributed by atoms with van der Waals surface area (Å²) >= 11 is 1.59. The van der Waals surface area contributed by atoms with Gasteiger partial charge in [-0.3, -0.25) is 9.69 Å². The summed E-state index contributed by atoms with van der Waals surface area (Å²) in [5, 5.41) is 4.33. The molecule has 1 aromatic heterocycles. The lowest BCUT2D eigenvalue weighted by molar-refractivity contribution is -0.116. The first-order valence-electron chi connectivity index (χ1n) is 12.1. The van der Waals surface area contributed by atoms with Gasteiger partial charge in [0.15, 0.2) is 11.5 Å². The van der Waals surface area contributed by atoms with Gasteiger partial charge in [0.1, 0.15) is 5.82 Å². The molecule has 1 aliphatic carbocycles. The molecule has 0 radical (unpaired) electrons. The zero-order valence-corrected chi connectivity index (χ0v) is 21.1. The van der Waals surface area contributed by atoms with Crippen LogP contribution in [0.5, 0.6) is 11.5 Å². The first kappa shape index (κ1) is 23.6. The molecule has 35 heavy (non-hydrogen) atoms. The molecule has 184 valence electrons. The number of methoxy groups -OCH3 is 2. The maximum absolute atomic E-state index is 12.4. The Bertz CT molecular complexity index is 1200. The first-order chi connectivity index (χ1) is 17.2. The fourth-order valence-electron chi connectivity index (χ4n) is 4.86. The topological polar surface area (TPSA) is 66.9 Å². The van der Waals surface area contributed by atoms with E-state index in [1.54, 1.807) is 37.9 Å². The first-order valence-corrected chi connectivity index (χ1v) is 12.9. The summed E-state index contributed by atoms with van der Waals surface area (Å²) in [6.07, 6.45) is 4.52. The second kappa shape index (κ2) is 10.7. The summed E-state index contributed by atoms with van der Waals surface area (Å²) in [5.74, 6) is 3.58. The van der Waals surface area contributed by atoms with Crippen molar-refractivity contribution in [2.45, 2.75) is 6.42 Å². The molecule has 1 saturated heterocycles. The van der Waals surface area contributed by atoms with E-state index in [1.807, 2.05) is 18.2 Å². The SMILES string of the molecule is COc1cccc(/C=C/C(=O)NCC2CC2CN2CCN(c3nsc4ccccc34)CC2)c1OC. The zero-order chi connectivity index (χ0) is 24.2. The average Bonchev–Trinajstić information content (AvgIpc) is 3.49. The zero-order valence-electron chi connectivity index (χ0n) is 20.3. The van der Waals surface area contributed by atoms with Gasteiger partial charge in [-0.1, -0.05) is 24.3 Å². The Balaban J connectivity index is 1.04. The number of ether oxygens (including phenoxy) is 2. The Kier molecular flexibility index (Phi) is 7.20. The van der Waals surface area contributed by atoms with Crippen molar-refractivity contribution >= 4 is 39.4 Å². The molecule has 2 heterocycles. The summed E-state index contributed by atoms with van der Waals surface area (Å²) in [4.78, 5) is 17.3. The normalized spacial score (nSPS) is 20.3. The van der Waals surface area contributed by atoms with Crippen LogP contribution < -0.4 is 19.7 Å². The molecule has 2 fully saturated rings. The van der Waals surface area contributed by atoms with Gasteiger partial charge in [0.25, 0.3) is 0 Å². The van der Waals surface area contributed by atoms with Crippen LogP contribution in [0.3, 0.4) is 0 Å². The van der Waals surface area contributed by atoms with Crippen molar-refractivity contribution < 1.29 is 14.3 Å². The number of anilines is 1. The molecule has 0 spiro atoms. The minimum absolute atomic E-state index is 0.0790. The molecule has 7 nitrogen and oxygen atoms in total. The quantitative estimate of drug-likeness (QED) is 0.457. The third kappa shape index (κ3) is 5.44. The van der Waals surface area contributed by atoms with E-state index in [2.05, 4.69) is 39.4 Å². The molecule has 3 aromatic rings. The van der Waals surface area contributed by atoms with E-state index < -0.39 is 0 Å². The monoisotopic (exact) mass is 492 g/mol. The third-order valence-electron chi connectivity index (χ3n) is 6.98. The number of fused-ring (bicyclic) bond motifs is 1.